The van der Waals surface area contributed by atoms with Crippen molar-refractivity contribution in [3.05, 3.63) is 17.5 Å². The summed E-state index contributed by atoms with van der Waals surface area (Å²) >= 11 is 1.83. The van der Waals surface area contributed by atoms with Crippen molar-refractivity contribution in [3.8, 4) is 0 Å². The molecule has 0 nitrogen and oxygen atoms in total. The molecule has 0 fully saturated rings. The minimum atomic E-state index is -0.118. The summed E-state index contributed by atoms with van der Waals surface area (Å²) in [6.45, 7) is 2.27. The first-order valence-corrected chi connectivity index (χ1v) is 8.03. The fraction of sp³-hybridized carbons (Fsp3) is 0.500. The Kier molecular flexibility index (Phi) is 4.46. The maximum atomic E-state index is 2.30. The van der Waals surface area contributed by atoms with E-state index in [2.05, 4.69) is 24.4 Å². The van der Waals surface area contributed by atoms with E-state index in [0.29, 0.717) is 0 Å². The Labute approximate surface area is 76.9 Å². The Morgan fingerprint density at radius 1 is 1.60 bits per heavy atom. The molecule has 0 saturated heterocycles. The third-order valence-corrected chi connectivity index (χ3v) is 7.20. The van der Waals surface area contributed by atoms with Crippen molar-refractivity contribution in [2.75, 3.05) is 0 Å². The predicted molar refractivity (Wildman–Crippen MR) is 49.4 cm³/mol. The van der Waals surface area contributed by atoms with Crippen molar-refractivity contribution in [1.82, 2.24) is 0 Å². The van der Waals surface area contributed by atoms with Gasteiger partial charge < -0.3 is 0 Å². The van der Waals surface area contributed by atoms with E-state index < -0.39 is 0 Å². The van der Waals surface area contributed by atoms with Gasteiger partial charge in [-0.05, 0) is 0 Å². The van der Waals surface area contributed by atoms with Crippen LogP contribution in [0.5, 0.6) is 0 Å². The summed E-state index contributed by atoms with van der Waals surface area (Å²) in [4.78, 5) is 0. The molecule has 0 saturated carbocycles. The summed E-state index contributed by atoms with van der Waals surface area (Å²) in [5, 5.41) is 2.20. The summed E-state index contributed by atoms with van der Waals surface area (Å²) in [6.07, 6.45) is 2.82. The van der Waals surface area contributed by atoms with Gasteiger partial charge in [0.25, 0.3) is 0 Å². The van der Waals surface area contributed by atoms with E-state index in [-0.39, 0.29) is 21.1 Å². The molecule has 2 radical (unpaired) electrons. The van der Waals surface area contributed by atoms with Gasteiger partial charge >= 0.3 is 77.1 Å². The van der Waals surface area contributed by atoms with E-state index in [1.807, 2.05) is 11.3 Å². The first-order valence-electron chi connectivity index (χ1n) is 3.71. The summed E-state index contributed by atoms with van der Waals surface area (Å²) in [5.74, 6) is 0. The third kappa shape index (κ3) is 3.06. The summed E-state index contributed by atoms with van der Waals surface area (Å²) < 4.78 is 3.23. The normalized spacial score (nSPS) is 10.1. The summed E-state index contributed by atoms with van der Waals surface area (Å²) in [5.41, 5.74) is 0. The summed E-state index contributed by atoms with van der Waals surface area (Å²) in [7, 11) is 0. The molecule has 0 bridgehead atoms. The van der Waals surface area contributed by atoms with Crippen molar-refractivity contribution in [1.29, 1.82) is 0 Å². The molecule has 10 heavy (non-hydrogen) atoms. The second-order valence-corrected chi connectivity index (χ2v) is 8.21. The first-order chi connectivity index (χ1) is 4.93. The van der Waals surface area contributed by atoms with E-state index in [4.69, 9.17) is 0 Å². The minimum absolute atomic E-state index is 0.118. The van der Waals surface area contributed by atoms with Gasteiger partial charge in [0, 0.05) is 0 Å². The van der Waals surface area contributed by atoms with Gasteiger partial charge in [-0.2, -0.15) is 0 Å². The van der Waals surface area contributed by atoms with Crippen LogP contribution in [0.15, 0.2) is 17.5 Å². The second kappa shape index (κ2) is 5.19. The van der Waals surface area contributed by atoms with Crippen LogP contribution in [0.25, 0.3) is 0 Å². The molecule has 1 aromatic rings. The predicted octanol–water partition coefficient (Wildman–Crippen LogP) is 2.30. The van der Waals surface area contributed by atoms with Crippen LogP contribution in [0.4, 0.5) is 0 Å². The SMILES string of the molecule is CCC[CH2][Sn][c]1cccs1. The molecular weight excluding hydrogens is 247 g/mol. The molecule has 1 rings (SSSR count). The molecule has 0 N–H and O–H groups in total. The van der Waals surface area contributed by atoms with Crippen LogP contribution in [0.2, 0.25) is 4.44 Å². The molecule has 0 aliphatic carbocycles. The van der Waals surface area contributed by atoms with Gasteiger partial charge in [-0.15, -0.1) is 0 Å². The number of unbranched alkanes of at least 4 members (excludes halogenated alkanes) is 1. The van der Waals surface area contributed by atoms with Crippen LogP contribution in [0.1, 0.15) is 19.8 Å². The van der Waals surface area contributed by atoms with Gasteiger partial charge in [0.15, 0.2) is 0 Å². The zero-order chi connectivity index (χ0) is 7.23. The molecule has 1 aromatic heterocycles. The van der Waals surface area contributed by atoms with Gasteiger partial charge in [-0.25, -0.2) is 0 Å². The quantitative estimate of drug-likeness (QED) is 0.574. The van der Waals surface area contributed by atoms with Gasteiger partial charge in [-0.3, -0.25) is 0 Å². The van der Waals surface area contributed by atoms with Crippen molar-refractivity contribution in [2.45, 2.75) is 24.2 Å². The van der Waals surface area contributed by atoms with E-state index in [1.165, 1.54) is 17.3 Å². The van der Waals surface area contributed by atoms with Crippen LogP contribution in [0.3, 0.4) is 0 Å². The fourth-order valence-electron chi connectivity index (χ4n) is 0.768. The van der Waals surface area contributed by atoms with Crippen LogP contribution in [-0.4, -0.2) is 21.1 Å². The topological polar surface area (TPSA) is 0 Å². The Hall–Kier alpha value is 0.499. The average molecular weight is 259 g/mol. The zero-order valence-electron chi connectivity index (χ0n) is 6.26. The van der Waals surface area contributed by atoms with E-state index in [1.54, 1.807) is 2.89 Å². The molecular formula is C8H12SSn. The number of thiophene rings is 1. The van der Waals surface area contributed by atoms with Crippen molar-refractivity contribution < 1.29 is 0 Å². The summed E-state index contributed by atoms with van der Waals surface area (Å²) in [6, 6.07) is 4.47. The molecule has 0 spiro atoms. The fourth-order valence-corrected chi connectivity index (χ4v) is 6.12. The van der Waals surface area contributed by atoms with Crippen LogP contribution < -0.4 is 2.89 Å². The van der Waals surface area contributed by atoms with Gasteiger partial charge in [0.2, 0.25) is 0 Å². The monoisotopic (exact) mass is 260 g/mol. The molecule has 0 aliphatic heterocycles. The van der Waals surface area contributed by atoms with E-state index in [0.717, 1.165) is 0 Å². The van der Waals surface area contributed by atoms with Crippen molar-refractivity contribution >= 4 is 35.4 Å². The molecule has 0 amide bonds. The number of rotatable bonds is 4. The Morgan fingerprint density at radius 2 is 2.50 bits per heavy atom. The van der Waals surface area contributed by atoms with Crippen LogP contribution in [-0.2, 0) is 0 Å². The van der Waals surface area contributed by atoms with Crippen molar-refractivity contribution in [3.63, 3.8) is 0 Å². The number of hydrogen-bond acceptors (Lipinski definition) is 1. The molecule has 2 heteroatoms. The van der Waals surface area contributed by atoms with Gasteiger partial charge in [0.1, 0.15) is 0 Å². The number of hydrogen-bond donors (Lipinski definition) is 0. The van der Waals surface area contributed by atoms with E-state index >= 15 is 0 Å². The van der Waals surface area contributed by atoms with Crippen molar-refractivity contribution in [2.24, 2.45) is 0 Å². The molecule has 0 atom stereocenters. The molecule has 0 aromatic carbocycles. The second-order valence-electron chi connectivity index (χ2n) is 2.26. The standard InChI is InChI=1S/C4H3S.C4H9.Sn/c1-2-4-5-3-1;1-3-4-2;/h1-3H;1,3-4H2,2H3;. The Balaban J connectivity index is 2.15. The van der Waals surface area contributed by atoms with Gasteiger partial charge in [-0.1, -0.05) is 0 Å². The van der Waals surface area contributed by atoms with Crippen LogP contribution in [0, 0.1) is 0 Å². The molecule has 1 heterocycles. The van der Waals surface area contributed by atoms with Crippen LogP contribution >= 0.6 is 11.3 Å². The molecule has 54 valence electrons. The molecule has 0 unspecified atom stereocenters. The Morgan fingerprint density at radius 3 is 3.10 bits per heavy atom. The third-order valence-electron chi connectivity index (χ3n) is 1.35. The Bertz CT molecular complexity index is 158. The maximum absolute atomic E-state index is 2.30. The van der Waals surface area contributed by atoms with Gasteiger partial charge in [0.05, 0.1) is 0 Å². The zero-order valence-corrected chi connectivity index (χ0v) is 9.93. The van der Waals surface area contributed by atoms with E-state index in [9.17, 15) is 0 Å². The molecule has 0 aliphatic rings. The average Bonchev–Trinajstić information content (AvgIpc) is 2.41. The first kappa shape index (κ1) is 8.59.